The van der Waals surface area contributed by atoms with E-state index in [2.05, 4.69) is 5.32 Å². The van der Waals surface area contributed by atoms with Crippen molar-refractivity contribution < 1.29 is 17.9 Å². The van der Waals surface area contributed by atoms with Gasteiger partial charge in [0.1, 0.15) is 0 Å². The molecule has 0 aromatic carbocycles. The van der Waals surface area contributed by atoms with Crippen LogP contribution in [0.1, 0.15) is 64.2 Å². The van der Waals surface area contributed by atoms with Crippen molar-refractivity contribution >= 4 is 0 Å². The molecule has 0 bridgehead atoms. The van der Waals surface area contributed by atoms with E-state index in [1.54, 1.807) is 0 Å². The Morgan fingerprint density at radius 1 is 0.952 bits per heavy atom. The third kappa shape index (κ3) is 6.15. The molecule has 0 radical (unpaired) electrons. The highest BCUT2D eigenvalue weighted by atomic mass is 19.4. The van der Waals surface area contributed by atoms with E-state index >= 15 is 0 Å². The fraction of sp³-hybridized carbons (Fsp3) is 1.00. The fourth-order valence-electron chi connectivity index (χ4n) is 3.53. The second kappa shape index (κ2) is 8.37. The average molecular weight is 307 g/mol. The van der Waals surface area contributed by atoms with Crippen molar-refractivity contribution in [1.82, 2.24) is 5.32 Å². The van der Waals surface area contributed by atoms with Crippen LogP contribution in [0.25, 0.3) is 0 Å². The maximum atomic E-state index is 12.7. The summed E-state index contributed by atoms with van der Waals surface area (Å²) >= 11 is 0. The Kier molecular flexibility index (Phi) is 6.80. The van der Waals surface area contributed by atoms with E-state index in [4.69, 9.17) is 4.74 Å². The van der Waals surface area contributed by atoms with Crippen molar-refractivity contribution in [3.05, 3.63) is 0 Å². The zero-order valence-electron chi connectivity index (χ0n) is 12.8. The molecule has 2 atom stereocenters. The number of rotatable bonds is 6. The van der Waals surface area contributed by atoms with Crippen molar-refractivity contribution in [3.63, 3.8) is 0 Å². The van der Waals surface area contributed by atoms with E-state index in [0.29, 0.717) is 18.9 Å². The molecule has 0 spiro atoms. The zero-order valence-corrected chi connectivity index (χ0v) is 12.8. The van der Waals surface area contributed by atoms with Gasteiger partial charge >= 0.3 is 6.18 Å². The highest BCUT2D eigenvalue weighted by molar-refractivity contribution is 4.81. The van der Waals surface area contributed by atoms with Gasteiger partial charge in [-0.15, -0.1) is 0 Å². The quantitative estimate of drug-likeness (QED) is 0.733. The summed E-state index contributed by atoms with van der Waals surface area (Å²) in [6.07, 6.45) is 5.58. The molecule has 2 rings (SSSR count). The smallest absolute Gasteiger partial charge is 0.378 e. The van der Waals surface area contributed by atoms with Crippen molar-refractivity contribution in [3.8, 4) is 0 Å². The summed E-state index contributed by atoms with van der Waals surface area (Å²) in [5, 5.41) is 3.28. The van der Waals surface area contributed by atoms with Crippen LogP contribution >= 0.6 is 0 Å². The van der Waals surface area contributed by atoms with Crippen molar-refractivity contribution in [2.24, 2.45) is 5.92 Å². The van der Waals surface area contributed by atoms with Gasteiger partial charge in [-0.25, -0.2) is 0 Å². The minimum absolute atomic E-state index is 0.0278. The second-order valence-corrected chi connectivity index (χ2v) is 6.54. The Labute approximate surface area is 125 Å². The first kappa shape index (κ1) is 17.1. The fourth-order valence-corrected chi connectivity index (χ4v) is 3.53. The Balaban J connectivity index is 1.54. The standard InChI is InChI=1S/C16H28F3NO/c17-16(18,19)13-6-4-7-14(12-13)20-10-5-11-21-15-8-2-1-3-9-15/h13-15,20H,1-12H2. The predicted molar refractivity (Wildman–Crippen MR) is 77.2 cm³/mol. The molecule has 2 saturated carbocycles. The number of hydrogen-bond donors (Lipinski definition) is 1. The molecule has 21 heavy (non-hydrogen) atoms. The molecule has 0 aromatic rings. The second-order valence-electron chi connectivity index (χ2n) is 6.54. The van der Waals surface area contributed by atoms with Crippen LogP contribution in [0.2, 0.25) is 0 Å². The van der Waals surface area contributed by atoms with E-state index in [1.165, 1.54) is 32.1 Å². The summed E-state index contributed by atoms with van der Waals surface area (Å²) in [6, 6.07) is 0.0278. The first-order valence-corrected chi connectivity index (χ1v) is 8.47. The lowest BCUT2D eigenvalue weighted by Gasteiger charge is -2.31. The zero-order chi connectivity index (χ0) is 15.1. The molecular weight excluding hydrogens is 279 g/mol. The van der Waals surface area contributed by atoms with Gasteiger partial charge in [0.15, 0.2) is 0 Å². The van der Waals surface area contributed by atoms with Crippen molar-refractivity contribution in [2.45, 2.75) is 82.5 Å². The van der Waals surface area contributed by atoms with Crippen LogP contribution in [0.3, 0.4) is 0 Å². The van der Waals surface area contributed by atoms with Crippen LogP contribution in [-0.4, -0.2) is 31.5 Å². The number of nitrogens with one attached hydrogen (secondary N) is 1. The number of hydrogen-bond acceptors (Lipinski definition) is 2. The largest absolute Gasteiger partial charge is 0.391 e. The number of halogens is 3. The Morgan fingerprint density at radius 2 is 1.71 bits per heavy atom. The molecular formula is C16H28F3NO. The first-order chi connectivity index (χ1) is 10.1. The van der Waals surface area contributed by atoms with E-state index in [-0.39, 0.29) is 12.5 Å². The summed E-state index contributed by atoms with van der Waals surface area (Å²) in [5.74, 6) is -1.11. The molecule has 0 saturated heterocycles. The summed E-state index contributed by atoms with van der Waals surface area (Å²) in [4.78, 5) is 0. The molecule has 2 aliphatic carbocycles. The molecule has 124 valence electrons. The van der Waals surface area contributed by atoms with Crippen molar-refractivity contribution in [1.29, 1.82) is 0 Å². The SMILES string of the molecule is FC(F)(F)C1CCCC(NCCCOC2CCCCC2)C1. The highest BCUT2D eigenvalue weighted by Crippen LogP contribution is 2.37. The molecule has 0 aliphatic heterocycles. The van der Waals surface area contributed by atoms with E-state index < -0.39 is 12.1 Å². The van der Waals surface area contributed by atoms with Gasteiger partial charge in [0.2, 0.25) is 0 Å². The maximum absolute atomic E-state index is 12.7. The lowest BCUT2D eigenvalue weighted by molar-refractivity contribution is -0.183. The molecule has 2 fully saturated rings. The minimum Gasteiger partial charge on any atom is -0.378 e. The maximum Gasteiger partial charge on any atom is 0.391 e. The summed E-state index contributed by atoms with van der Waals surface area (Å²) in [5.41, 5.74) is 0. The third-order valence-electron chi connectivity index (χ3n) is 4.80. The predicted octanol–water partition coefficient (Wildman–Crippen LogP) is 4.44. The third-order valence-corrected chi connectivity index (χ3v) is 4.80. The monoisotopic (exact) mass is 307 g/mol. The van der Waals surface area contributed by atoms with Gasteiger partial charge < -0.3 is 10.1 Å². The lowest BCUT2D eigenvalue weighted by atomic mass is 9.85. The van der Waals surface area contributed by atoms with Gasteiger partial charge in [-0.05, 0) is 45.1 Å². The van der Waals surface area contributed by atoms with Gasteiger partial charge in [0.05, 0.1) is 12.0 Å². The molecule has 2 unspecified atom stereocenters. The van der Waals surface area contributed by atoms with Crippen LogP contribution in [0, 0.1) is 5.92 Å². The van der Waals surface area contributed by atoms with E-state index in [1.807, 2.05) is 0 Å². The topological polar surface area (TPSA) is 21.3 Å². The van der Waals surface area contributed by atoms with Gasteiger partial charge in [0.25, 0.3) is 0 Å². The van der Waals surface area contributed by atoms with E-state index in [0.717, 1.165) is 26.0 Å². The molecule has 0 heterocycles. The van der Waals surface area contributed by atoms with Crippen LogP contribution in [0.15, 0.2) is 0 Å². The number of alkyl halides is 3. The molecule has 5 heteroatoms. The molecule has 0 amide bonds. The van der Waals surface area contributed by atoms with Gasteiger partial charge in [-0.1, -0.05) is 25.7 Å². The average Bonchev–Trinajstić information content (AvgIpc) is 2.47. The van der Waals surface area contributed by atoms with Crippen molar-refractivity contribution in [2.75, 3.05) is 13.2 Å². The van der Waals surface area contributed by atoms with Gasteiger partial charge in [0, 0.05) is 12.6 Å². The van der Waals surface area contributed by atoms with Gasteiger partial charge in [-0.2, -0.15) is 13.2 Å². The summed E-state index contributed by atoms with van der Waals surface area (Å²) in [7, 11) is 0. The summed E-state index contributed by atoms with van der Waals surface area (Å²) in [6.45, 7) is 1.50. The van der Waals surface area contributed by atoms with Crippen LogP contribution < -0.4 is 5.32 Å². The minimum atomic E-state index is -4.02. The Bertz CT molecular complexity index is 290. The lowest BCUT2D eigenvalue weighted by Crippen LogP contribution is -2.39. The number of ether oxygens (including phenoxy) is 1. The van der Waals surface area contributed by atoms with Crippen LogP contribution in [-0.2, 0) is 4.74 Å². The molecule has 1 N–H and O–H groups in total. The highest BCUT2D eigenvalue weighted by Gasteiger charge is 2.41. The molecule has 0 aromatic heterocycles. The molecule has 2 aliphatic rings. The van der Waals surface area contributed by atoms with Crippen LogP contribution in [0.4, 0.5) is 13.2 Å². The molecule has 2 nitrogen and oxygen atoms in total. The first-order valence-electron chi connectivity index (χ1n) is 8.47. The Hall–Kier alpha value is -0.290. The summed E-state index contributed by atoms with van der Waals surface area (Å²) < 4.78 is 44.0. The normalized spacial score (nSPS) is 28.7. The van der Waals surface area contributed by atoms with Gasteiger partial charge in [-0.3, -0.25) is 0 Å². The van der Waals surface area contributed by atoms with Crippen LogP contribution in [0.5, 0.6) is 0 Å². The Morgan fingerprint density at radius 3 is 2.43 bits per heavy atom. The van der Waals surface area contributed by atoms with E-state index in [9.17, 15) is 13.2 Å².